The molecule has 3 saturated heterocycles. The molecular formula is C56H85NO19. The number of Topliss-reactive ketones (excluding diaryl/α,β-unsaturated/α-hetero) is 3. The van der Waals surface area contributed by atoms with Gasteiger partial charge in [-0.15, -0.1) is 0 Å². The maximum absolute atomic E-state index is 14.5. The minimum Gasteiger partial charge on any atom is -0.460 e. The van der Waals surface area contributed by atoms with E-state index in [0.29, 0.717) is 56.9 Å². The third-order valence-electron chi connectivity index (χ3n) is 16.2. The molecule has 0 radical (unpaired) electrons. The van der Waals surface area contributed by atoms with Crippen molar-refractivity contribution < 1.29 is 92.6 Å². The minimum absolute atomic E-state index is 0.0225. The van der Waals surface area contributed by atoms with Crippen molar-refractivity contribution in [2.45, 2.75) is 205 Å². The summed E-state index contributed by atoms with van der Waals surface area (Å²) in [5.74, 6) is -11.5. The summed E-state index contributed by atoms with van der Waals surface area (Å²) in [4.78, 5) is 84.8. The van der Waals surface area contributed by atoms with Gasteiger partial charge < -0.3 is 68.7 Å². The van der Waals surface area contributed by atoms with E-state index in [1.165, 1.54) is 7.11 Å². The van der Waals surface area contributed by atoms with Crippen molar-refractivity contribution in [3.8, 4) is 0 Å². The summed E-state index contributed by atoms with van der Waals surface area (Å²) >= 11 is 0. The van der Waals surface area contributed by atoms with E-state index in [0.717, 1.165) is 10.5 Å². The molecule has 76 heavy (non-hydrogen) atoms. The SMILES string of the molecule is CO[C@H]1C[C@@H]2CC[C@@H](C)[C@@](O)(O2)C(=O)C(=O)N2CCCC[C@H]2C(=O)O[C@H]([C@H](C)C[C@H]2CC[C@@H](OC(=O)O[C@@]3(O)OC[C@H](O)C(O)[C@@H]3O)[C@H](OC)C2)CC(=O)[C@H](C)/C=C(\C)[C@@H](O)CC(=O)[C@H](C)C[C@H](C)/C=C/C=C/C=C/1C. The van der Waals surface area contributed by atoms with Crippen molar-refractivity contribution in [2.75, 3.05) is 27.4 Å². The summed E-state index contributed by atoms with van der Waals surface area (Å²) in [6, 6.07) is -1.23. The maximum Gasteiger partial charge on any atom is 0.513 e. The Morgan fingerprint density at radius 3 is 2.25 bits per heavy atom. The van der Waals surface area contributed by atoms with Crippen molar-refractivity contribution in [1.29, 1.82) is 0 Å². The molecule has 0 aromatic rings. The summed E-state index contributed by atoms with van der Waals surface area (Å²) in [5, 5.41) is 63.8. The van der Waals surface area contributed by atoms with Gasteiger partial charge in [-0.25, -0.2) is 9.59 Å². The lowest BCUT2D eigenvalue weighted by atomic mass is 9.78. The number of carbonyl (C=O) groups excluding carboxylic acids is 6. The Kier molecular flexibility index (Phi) is 23.1. The topological polar surface area (TPSA) is 292 Å². The van der Waals surface area contributed by atoms with Crippen LogP contribution in [0.1, 0.15) is 132 Å². The molecule has 5 rings (SSSR count). The van der Waals surface area contributed by atoms with Gasteiger partial charge in [0, 0.05) is 57.8 Å². The third-order valence-corrected chi connectivity index (χ3v) is 16.2. The van der Waals surface area contributed by atoms with Crippen LogP contribution in [0.4, 0.5) is 4.79 Å². The lowest BCUT2D eigenvalue weighted by Gasteiger charge is -2.42. The first-order chi connectivity index (χ1) is 35.8. The molecule has 428 valence electrons. The van der Waals surface area contributed by atoms with Crippen LogP contribution >= 0.6 is 0 Å². The smallest absolute Gasteiger partial charge is 0.460 e. The molecule has 18 atom stereocenters. The van der Waals surface area contributed by atoms with E-state index in [1.54, 1.807) is 34.0 Å². The number of hydrogen-bond acceptors (Lipinski definition) is 19. The number of fused-ring (bicyclic) bond motifs is 3. The van der Waals surface area contributed by atoms with Gasteiger partial charge in [0.05, 0.1) is 31.0 Å². The number of methoxy groups -OCH3 is 2. The Morgan fingerprint density at radius 2 is 1.55 bits per heavy atom. The molecule has 2 bridgehead atoms. The summed E-state index contributed by atoms with van der Waals surface area (Å²) in [6.07, 6.45) is 2.97. The third kappa shape index (κ3) is 16.2. The fourth-order valence-corrected chi connectivity index (χ4v) is 11.1. The predicted octanol–water partition coefficient (Wildman–Crippen LogP) is 4.48. The van der Waals surface area contributed by atoms with Crippen LogP contribution in [-0.2, 0) is 57.1 Å². The Balaban J connectivity index is 1.39. The van der Waals surface area contributed by atoms with Gasteiger partial charge in [-0.05, 0) is 107 Å². The van der Waals surface area contributed by atoms with Crippen LogP contribution in [0.15, 0.2) is 47.6 Å². The lowest BCUT2D eigenvalue weighted by Crippen LogP contribution is -2.62. The number of ketones is 3. The molecule has 5 aliphatic rings. The number of cyclic esters (lactones) is 1. The fraction of sp³-hybridized carbons (Fsp3) is 0.750. The summed E-state index contributed by atoms with van der Waals surface area (Å²) in [6.45, 7) is 11.9. The quantitative estimate of drug-likeness (QED) is 0.0887. The van der Waals surface area contributed by atoms with Gasteiger partial charge in [-0.2, -0.15) is 0 Å². The number of carbonyl (C=O) groups is 6. The van der Waals surface area contributed by atoms with E-state index in [1.807, 2.05) is 58.1 Å². The first kappa shape index (κ1) is 62.6. The fourth-order valence-electron chi connectivity index (χ4n) is 11.1. The van der Waals surface area contributed by atoms with Crippen molar-refractivity contribution >= 4 is 35.4 Å². The number of nitrogens with zero attached hydrogens (tertiary/aromatic N) is 1. The van der Waals surface area contributed by atoms with Crippen LogP contribution in [0.3, 0.4) is 0 Å². The summed E-state index contributed by atoms with van der Waals surface area (Å²) < 4.78 is 39.3. The molecule has 4 heterocycles. The van der Waals surface area contributed by atoms with Crippen molar-refractivity contribution in [1.82, 2.24) is 4.90 Å². The number of amides is 1. The zero-order chi connectivity index (χ0) is 56.2. The van der Waals surface area contributed by atoms with Crippen LogP contribution < -0.4 is 0 Å². The number of esters is 1. The van der Waals surface area contributed by atoms with E-state index in [-0.39, 0.29) is 68.0 Å². The monoisotopic (exact) mass is 1080 g/mol. The predicted molar refractivity (Wildman–Crippen MR) is 273 cm³/mol. The van der Waals surface area contributed by atoms with E-state index >= 15 is 0 Å². The highest BCUT2D eigenvalue weighted by Crippen LogP contribution is 2.38. The van der Waals surface area contributed by atoms with Gasteiger partial charge in [-0.3, -0.25) is 19.2 Å². The van der Waals surface area contributed by atoms with Gasteiger partial charge in [0.1, 0.15) is 42.0 Å². The average Bonchev–Trinajstić information content (AvgIpc) is 3.38. The standard InChI is InChI=1S/C56H85NO19/c1-31-15-11-10-12-16-32(2)46(70-8)27-39-20-18-37(7)55(68,75-39)51(64)52(65)57-22-14-13-17-40(57)53(66)73-47(29-43(60)35(5)24-34(4)42(59)28-41(58)33(3)23-31)36(6)25-38-19-21-45(48(26-38)71-9)74-54(67)76-56(69)50(63)49(62)44(61)30-72-56/h10-12,15-16,24,31,33,35-40,42,44-50,59,61-63,68-69H,13-14,17-23,25-30H2,1-9H3/b12-10+,15-11+,32-16+,34-24+/t31-,33-,35-,36-,37-,38-,39+,40+,42+,44+,45-,46+,47+,48-,49?,50+,55-,56+/m1/s1. The molecule has 6 N–H and O–H groups in total. The van der Waals surface area contributed by atoms with E-state index < -0.39 is 121 Å². The Morgan fingerprint density at radius 1 is 0.829 bits per heavy atom. The highest BCUT2D eigenvalue weighted by Gasteiger charge is 2.54. The van der Waals surface area contributed by atoms with Crippen molar-refractivity contribution in [3.05, 3.63) is 47.6 Å². The largest absolute Gasteiger partial charge is 0.513 e. The molecule has 4 fully saturated rings. The Bertz CT molecular complexity index is 2140. The molecule has 1 unspecified atom stereocenters. The minimum atomic E-state index is -2.99. The Hall–Kier alpha value is -4.22. The second kappa shape index (κ2) is 28.1. The number of rotatable bonds is 7. The van der Waals surface area contributed by atoms with Crippen LogP contribution in [0, 0.1) is 35.5 Å². The van der Waals surface area contributed by atoms with Crippen LogP contribution in [0.25, 0.3) is 0 Å². The van der Waals surface area contributed by atoms with E-state index in [9.17, 15) is 59.4 Å². The van der Waals surface area contributed by atoms with Crippen molar-refractivity contribution in [3.63, 3.8) is 0 Å². The number of allylic oxidation sites excluding steroid dienone is 6. The van der Waals surface area contributed by atoms with E-state index in [2.05, 4.69) is 0 Å². The van der Waals surface area contributed by atoms with Gasteiger partial charge in [0.15, 0.2) is 6.10 Å². The molecule has 0 aromatic carbocycles. The second-order valence-corrected chi connectivity index (χ2v) is 22.2. The van der Waals surface area contributed by atoms with Crippen LogP contribution in [-0.4, -0.2) is 171 Å². The van der Waals surface area contributed by atoms with Crippen molar-refractivity contribution in [2.24, 2.45) is 35.5 Å². The zero-order valence-electron chi connectivity index (χ0n) is 45.7. The number of aliphatic hydroxyl groups excluding tert-OH is 4. The normalized spacial score (nSPS) is 41.3. The molecule has 0 spiro atoms. The first-order valence-electron chi connectivity index (χ1n) is 27.1. The molecule has 1 saturated carbocycles. The molecular weight excluding hydrogens is 991 g/mol. The highest BCUT2D eigenvalue weighted by molar-refractivity contribution is 6.39. The van der Waals surface area contributed by atoms with Gasteiger partial charge in [0.2, 0.25) is 5.79 Å². The second-order valence-electron chi connectivity index (χ2n) is 22.2. The van der Waals surface area contributed by atoms with Gasteiger partial charge in [0.25, 0.3) is 11.7 Å². The molecule has 1 aliphatic carbocycles. The average molecular weight is 1080 g/mol. The summed E-state index contributed by atoms with van der Waals surface area (Å²) in [7, 11) is 2.97. The van der Waals surface area contributed by atoms with Gasteiger partial charge in [-0.1, -0.05) is 71.1 Å². The lowest BCUT2D eigenvalue weighted by molar-refractivity contribution is -0.415. The molecule has 20 nitrogen and oxygen atoms in total. The van der Waals surface area contributed by atoms with E-state index in [4.69, 9.17) is 33.2 Å². The van der Waals surface area contributed by atoms with Gasteiger partial charge >= 0.3 is 18.1 Å². The molecule has 4 aliphatic heterocycles. The number of ether oxygens (including phenoxy) is 7. The summed E-state index contributed by atoms with van der Waals surface area (Å²) in [5.41, 5.74) is 1.28. The highest BCUT2D eigenvalue weighted by atomic mass is 16.9. The number of aliphatic hydroxyl groups is 6. The number of hydrogen-bond donors (Lipinski definition) is 6. The maximum atomic E-state index is 14.5. The first-order valence-corrected chi connectivity index (χ1v) is 27.1. The Labute approximate surface area is 446 Å². The zero-order valence-corrected chi connectivity index (χ0v) is 45.7. The molecule has 0 aromatic heterocycles. The molecule has 1 amide bonds. The number of piperidine rings is 1. The molecule has 20 heteroatoms. The van der Waals surface area contributed by atoms with Crippen LogP contribution in [0.5, 0.6) is 0 Å². The van der Waals surface area contributed by atoms with Crippen LogP contribution in [0.2, 0.25) is 0 Å².